The van der Waals surface area contributed by atoms with Gasteiger partial charge in [-0.25, -0.2) is 9.97 Å². The van der Waals surface area contributed by atoms with E-state index in [9.17, 15) is 4.79 Å². The van der Waals surface area contributed by atoms with Crippen molar-refractivity contribution >= 4 is 17.7 Å². The van der Waals surface area contributed by atoms with Gasteiger partial charge >= 0.3 is 0 Å². The monoisotopic (exact) mass is 342 g/mol. The number of rotatable bonds is 4. The van der Waals surface area contributed by atoms with Gasteiger partial charge in [0, 0.05) is 37.4 Å². The van der Waals surface area contributed by atoms with E-state index in [0.717, 1.165) is 30.8 Å². The molecule has 0 aromatic carbocycles. The molecule has 2 saturated heterocycles. The summed E-state index contributed by atoms with van der Waals surface area (Å²) in [6.07, 6.45) is 7.83. The van der Waals surface area contributed by atoms with Crippen LogP contribution in [-0.2, 0) is 11.3 Å². The van der Waals surface area contributed by atoms with E-state index in [2.05, 4.69) is 15.0 Å². The van der Waals surface area contributed by atoms with Gasteiger partial charge in [-0.3, -0.25) is 9.78 Å². The molecule has 24 heavy (non-hydrogen) atoms. The van der Waals surface area contributed by atoms with Crippen molar-refractivity contribution in [1.82, 2.24) is 19.9 Å². The highest BCUT2D eigenvalue weighted by molar-refractivity contribution is 8.01. The highest BCUT2D eigenvalue weighted by Crippen LogP contribution is 2.46. The Balaban J connectivity index is 1.28. The topological polar surface area (TPSA) is 68.2 Å². The second-order valence-corrected chi connectivity index (χ2v) is 7.73. The van der Waals surface area contributed by atoms with Crippen LogP contribution in [0.15, 0.2) is 43.1 Å². The highest BCUT2D eigenvalue weighted by Gasteiger charge is 2.51. The fraction of sp³-hybridized carbons (Fsp3) is 0.412. The Morgan fingerprint density at radius 2 is 2.04 bits per heavy atom. The van der Waals surface area contributed by atoms with Crippen LogP contribution >= 0.6 is 11.8 Å². The minimum Gasteiger partial charge on any atom is -0.373 e. The van der Waals surface area contributed by atoms with Crippen LogP contribution in [0.2, 0.25) is 0 Å². The van der Waals surface area contributed by atoms with Crippen molar-refractivity contribution < 1.29 is 9.53 Å². The molecule has 2 aliphatic heterocycles. The van der Waals surface area contributed by atoms with Crippen LogP contribution in [-0.4, -0.2) is 55.5 Å². The summed E-state index contributed by atoms with van der Waals surface area (Å²) < 4.78 is 6.19. The third-order valence-corrected chi connectivity index (χ3v) is 6.03. The van der Waals surface area contributed by atoms with Gasteiger partial charge in [0.1, 0.15) is 12.0 Å². The van der Waals surface area contributed by atoms with E-state index >= 15 is 0 Å². The number of likely N-dealkylation sites (tertiary alicyclic amines) is 1. The van der Waals surface area contributed by atoms with Gasteiger partial charge in [0.2, 0.25) is 0 Å². The molecule has 7 heteroatoms. The molecule has 6 nitrogen and oxygen atoms in total. The number of hydrogen-bond donors (Lipinski definition) is 0. The summed E-state index contributed by atoms with van der Waals surface area (Å²) in [6.45, 7) is 2.17. The maximum absolute atomic E-state index is 12.3. The lowest BCUT2D eigenvalue weighted by Crippen LogP contribution is -2.60. The molecule has 2 aromatic rings. The Kier molecular flexibility index (Phi) is 4.20. The van der Waals surface area contributed by atoms with Crippen molar-refractivity contribution in [2.75, 3.05) is 18.8 Å². The van der Waals surface area contributed by atoms with Gasteiger partial charge in [-0.1, -0.05) is 0 Å². The Morgan fingerprint density at radius 3 is 2.79 bits per heavy atom. The fourth-order valence-corrected chi connectivity index (χ4v) is 4.75. The largest absolute Gasteiger partial charge is 0.373 e. The number of aromatic nitrogens is 3. The SMILES string of the molecule is O=C(c1ccncn1)N1CC2(C[C@@H](OCc3ccncc3)CS2)C1. The molecule has 0 saturated carbocycles. The molecule has 124 valence electrons. The summed E-state index contributed by atoms with van der Waals surface area (Å²) in [5.74, 6) is 0.977. The molecule has 4 heterocycles. The van der Waals surface area contributed by atoms with Gasteiger partial charge in [0.15, 0.2) is 0 Å². The molecule has 2 fully saturated rings. The van der Waals surface area contributed by atoms with Crippen molar-refractivity contribution in [3.8, 4) is 0 Å². The van der Waals surface area contributed by atoms with Crippen LogP contribution in [0.4, 0.5) is 0 Å². The maximum Gasteiger partial charge on any atom is 0.272 e. The summed E-state index contributed by atoms with van der Waals surface area (Å²) in [5.41, 5.74) is 1.61. The van der Waals surface area contributed by atoms with E-state index in [4.69, 9.17) is 4.74 Å². The summed E-state index contributed by atoms with van der Waals surface area (Å²) in [6, 6.07) is 5.61. The Bertz CT molecular complexity index is 707. The average Bonchev–Trinajstić information content (AvgIpc) is 3.04. The molecule has 2 aliphatic rings. The molecule has 4 rings (SSSR count). The number of nitrogens with zero attached hydrogens (tertiary/aromatic N) is 4. The first-order valence-electron chi connectivity index (χ1n) is 7.94. The lowest BCUT2D eigenvalue weighted by molar-refractivity contribution is 0.0253. The summed E-state index contributed by atoms with van der Waals surface area (Å²) in [4.78, 5) is 26.1. The second kappa shape index (κ2) is 6.49. The second-order valence-electron chi connectivity index (χ2n) is 6.24. The fourth-order valence-electron chi connectivity index (χ4n) is 3.20. The molecular weight excluding hydrogens is 324 g/mol. The van der Waals surface area contributed by atoms with E-state index in [-0.39, 0.29) is 16.8 Å². The number of carbonyl (C=O) groups excluding carboxylic acids is 1. The normalized spacial score (nSPS) is 21.7. The molecule has 1 atom stereocenters. The molecule has 0 N–H and O–H groups in total. The van der Waals surface area contributed by atoms with Crippen LogP contribution in [0, 0.1) is 0 Å². The van der Waals surface area contributed by atoms with E-state index in [1.54, 1.807) is 24.7 Å². The highest BCUT2D eigenvalue weighted by atomic mass is 32.2. The Hall–Kier alpha value is -1.99. The lowest BCUT2D eigenvalue weighted by Gasteiger charge is -2.47. The zero-order valence-electron chi connectivity index (χ0n) is 13.2. The first kappa shape index (κ1) is 15.5. The smallest absolute Gasteiger partial charge is 0.272 e. The maximum atomic E-state index is 12.3. The van der Waals surface area contributed by atoms with Gasteiger partial charge in [0.05, 0.1) is 17.5 Å². The first-order valence-corrected chi connectivity index (χ1v) is 8.92. The molecule has 0 bridgehead atoms. The van der Waals surface area contributed by atoms with Gasteiger partial charge in [-0.2, -0.15) is 0 Å². The van der Waals surface area contributed by atoms with Crippen molar-refractivity contribution in [3.63, 3.8) is 0 Å². The summed E-state index contributed by atoms with van der Waals surface area (Å²) >= 11 is 1.93. The predicted molar refractivity (Wildman–Crippen MR) is 90.6 cm³/mol. The van der Waals surface area contributed by atoms with Gasteiger partial charge in [0.25, 0.3) is 5.91 Å². The quantitative estimate of drug-likeness (QED) is 0.844. The third-order valence-electron chi connectivity index (χ3n) is 4.46. The van der Waals surface area contributed by atoms with Crippen LogP contribution in [0.3, 0.4) is 0 Å². The van der Waals surface area contributed by atoms with Crippen molar-refractivity contribution in [3.05, 3.63) is 54.4 Å². The number of pyridine rings is 1. The molecule has 0 unspecified atom stereocenters. The first-order chi connectivity index (χ1) is 11.7. The van der Waals surface area contributed by atoms with Gasteiger partial charge in [-0.15, -0.1) is 11.8 Å². The lowest BCUT2D eigenvalue weighted by atomic mass is 9.92. The molecule has 0 radical (unpaired) electrons. The molecule has 2 aromatic heterocycles. The average molecular weight is 342 g/mol. The van der Waals surface area contributed by atoms with E-state index in [0.29, 0.717) is 12.3 Å². The molecular formula is C17H18N4O2S. The summed E-state index contributed by atoms with van der Waals surface area (Å²) in [7, 11) is 0. The van der Waals surface area contributed by atoms with Crippen LogP contribution in [0.1, 0.15) is 22.5 Å². The van der Waals surface area contributed by atoms with E-state index in [1.807, 2.05) is 28.8 Å². The zero-order chi connectivity index (χ0) is 16.4. The van der Waals surface area contributed by atoms with Crippen LogP contribution in [0.25, 0.3) is 0 Å². The van der Waals surface area contributed by atoms with Gasteiger partial charge < -0.3 is 9.64 Å². The van der Waals surface area contributed by atoms with Crippen LogP contribution in [0.5, 0.6) is 0 Å². The third kappa shape index (κ3) is 3.14. The van der Waals surface area contributed by atoms with E-state index in [1.165, 1.54) is 6.33 Å². The number of carbonyl (C=O) groups is 1. The molecule has 1 amide bonds. The minimum atomic E-state index is -0.00946. The minimum absolute atomic E-state index is 0.00946. The standard InChI is InChI=1S/C17H18N4O2S/c22-16(15-3-6-19-12-20-15)21-10-17(11-21)7-14(9-24-17)23-8-13-1-4-18-5-2-13/h1-6,12,14H,7-11H2/t14-/m1/s1. The van der Waals surface area contributed by atoms with E-state index < -0.39 is 0 Å². The number of thioether (sulfide) groups is 1. The Labute approximate surface area is 144 Å². The zero-order valence-corrected chi connectivity index (χ0v) is 14.0. The molecule has 1 spiro atoms. The molecule has 0 aliphatic carbocycles. The number of ether oxygens (including phenoxy) is 1. The van der Waals surface area contributed by atoms with Crippen molar-refractivity contribution in [2.24, 2.45) is 0 Å². The number of amides is 1. The summed E-state index contributed by atoms with van der Waals surface area (Å²) in [5, 5.41) is 0. The Morgan fingerprint density at radius 1 is 1.25 bits per heavy atom. The van der Waals surface area contributed by atoms with Crippen molar-refractivity contribution in [1.29, 1.82) is 0 Å². The van der Waals surface area contributed by atoms with Crippen molar-refractivity contribution in [2.45, 2.75) is 23.9 Å². The van der Waals surface area contributed by atoms with Crippen LogP contribution < -0.4 is 0 Å². The number of hydrogen-bond acceptors (Lipinski definition) is 6. The predicted octanol–water partition coefficient (Wildman–Crippen LogP) is 1.79. The van der Waals surface area contributed by atoms with Gasteiger partial charge in [-0.05, 0) is 30.2 Å².